The third kappa shape index (κ3) is 6.56. The number of halogens is 5. The van der Waals surface area contributed by atoms with Gasteiger partial charge in [0.25, 0.3) is 0 Å². The van der Waals surface area contributed by atoms with Crippen LogP contribution in [-0.2, 0) is 22.7 Å². The second kappa shape index (κ2) is 13.6. The van der Waals surface area contributed by atoms with E-state index in [0.29, 0.717) is 43.0 Å². The number of benzene rings is 3. The number of sulfone groups is 1. The number of hydrogen-bond acceptors (Lipinski definition) is 5. The summed E-state index contributed by atoms with van der Waals surface area (Å²) in [5.74, 6) is -9.09. The number of aryl methyl sites for hydroxylation is 1. The van der Waals surface area contributed by atoms with Gasteiger partial charge in [-0.25, -0.2) is 30.4 Å². The van der Waals surface area contributed by atoms with Gasteiger partial charge < -0.3 is 14.9 Å². The van der Waals surface area contributed by atoms with Gasteiger partial charge in [-0.05, 0) is 128 Å². The fraction of sp³-hybridized carbons (Fsp3) is 0.514. The summed E-state index contributed by atoms with van der Waals surface area (Å²) in [5, 5.41) is 21.2. The number of fused-ring (bicyclic) bond motifs is 5. The van der Waals surface area contributed by atoms with E-state index >= 15 is 0 Å². The molecule has 11 heteroatoms. The Morgan fingerprint density at radius 1 is 0.854 bits per heavy atom. The van der Waals surface area contributed by atoms with E-state index in [4.69, 9.17) is 4.74 Å². The normalized spacial score (nSPS) is 26.5. The lowest BCUT2D eigenvalue weighted by atomic mass is 9.51. The highest BCUT2D eigenvalue weighted by atomic mass is 32.2. The van der Waals surface area contributed by atoms with Gasteiger partial charge in [0.05, 0.1) is 24.2 Å². The predicted molar refractivity (Wildman–Crippen MR) is 171 cm³/mol. The summed E-state index contributed by atoms with van der Waals surface area (Å²) in [6.07, 6.45) is 4.90. The molecule has 0 amide bonds. The lowest BCUT2D eigenvalue weighted by Crippen LogP contribution is -2.47. The predicted octanol–water partition coefficient (Wildman–Crippen LogP) is 7.91. The van der Waals surface area contributed by atoms with Crippen LogP contribution in [0.5, 0.6) is 11.5 Å². The molecule has 6 atom stereocenters. The number of hydrogen-bond donors (Lipinski definition) is 2. The largest absolute Gasteiger partial charge is 0.508 e. The van der Waals surface area contributed by atoms with Gasteiger partial charge in [-0.15, -0.1) is 0 Å². The summed E-state index contributed by atoms with van der Waals surface area (Å²) in [4.78, 5) is 0. The van der Waals surface area contributed by atoms with Crippen molar-refractivity contribution in [2.45, 2.75) is 82.7 Å². The number of phenolic OH excluding ortho intramolecular Hbond substituents is 1. The highest BCUT2D eigenvalue weighted by molar-refractivity contribution is 7.91. The molecule has 260 valence electrons. The first-order valence-electron chi connectivity index (χ1n) is 16.7. The van der Waals surface area contributed by atoms with Gasteiger partial charge in [-0.1, -0.05) is 25.1 Å². The topological polar surface area (TPSA) is 83.8 Å². The summed E-state index contributed by atoms with van der Waals surface area (Å²) in [5.41, 5.74) is 2.42. The minimum Gasteiger partial charge on any atom is -0.508 e. The molecule has 2 N–H and O–H groups in total. The number of aromatic hydroxyl groups is 1. The molecule has 0 bridgehead atoms. The average molecular weight is 693 g/mol. The number of phenols is 1. The third-order valence-electron chi connectivity index (χ3n) is 11.3. The smallest absolute Gasteiger partial charge is 0.200 e. The summed E-state index contributed by atoms with van der Waals surface area (Å²) in [7, 11) is -3.79. The van der Waals surface area contributed by atoms with Crippen LogP contribution in [0.25, 0.3) is 0 Å². The van der Waals surface area contributed by atoms with Crippen molar-refractivity contribution in [2.75, 3.05) is 18.1 Å². The Labute approximate surface area is 278 Å². The van der Waals surface area contributed by atoms with Gasteiger partial charge >= 0.3 is 0 Å². The van der Waals surface area contributed by atoms with E-state index in [2.05, 4.69) is 25.1 Å². The zero-order valence-electron chi connectivity index (χ0n) is 26.8. The zero-order valence-corrected chi connectivity index (χ0v) is 27.6. The lowest BCUT2D eigenvalue weighted by Gasteiger charge is -2.54. The molecule has 2 saturated carbocycles. The molecule has 3 aromatic rings. The summed E-state index contributed by atoms with van der Waals surface area (Å²) in [6, 6.07) is 13.8. The molecule has 6 rings (SSSR count). The van der Waals surface area contributed by atoms with Crippen LogP contribution >= 0.6 is 0 Å². The fourth-order valence-electron chi connectivity index (χ4n) is 8.82. The molecule has 0 aliphatic heterocycles. The average Bonchev–Trinajstić information content (AvgIpc) is 3.37. The number of unbranched alkanes of at least 4 members (excludes halogenated alkanes) is 2. The van der Waals surface area contributed by atoms with Crippen molar-refractivity contribution in [1.82, 2.24) is 0 Å². The molecule has 0 aromatic heterocycles. The van der Waals surface area contributed by atoms with Crippen molar-refractivity contribution < 1.29 is 45.3 Å². The highest BCUT2D eigenvalue weighted by Crippen LogP contribution is 2.65. The van der Waals surface area contributed by atoms with Crippen LogP contribution in [0, 0.1) is 46.3 Å². The van der Waals surface area contributed by atoms with Crippen LogP contribution in [0.3, 0.4) is 0 Å². The first-order valence-corrected chi connectivity index (χ1v) is 18.6. The first-order chi connectivity index (χ1) is 22.8. The van der Waals surface area contributed by atoms with Crippen molar-refractivity contribution in [3.63, 3.8) is 0 Å². The van der Waals surface area contributed by atoms with Crippen LogP contribution < -0.4 is 4.74 Å². The van der Waals surface area contributed by atoms with Gasteiger partial charge in [0.1, 0.15) is 11.5 Å². The van der Waals surface area contributed by atoms with E-state index in [1.54, 1.807) is 6.07 Å². The molecule has 5 nitrogen and oxygen atoms in total. The molecule has 3 aliphatic rings. The van der Waals surface area contributed by atoms with Gasteiger partial charge in [0.2, 0.25) is 5.82 Å². The monoisotopic (exact) mass is 692 g/mol. The molecule has 0 radical (unpaired) electrons. The van der Waals surface area contributed by atoms with Crippen molar-refractivity contribution in [3.8, 4) is 11.5 Å². The Bertz CT molecular complexity index is 1740. The molecule has 0 unspecified atom stereocenters. The fourth-order valence-corrected chi connectivity index (χ4v) is 10.2. The second-order valence-electron chi connectivity index (χ2n) is 14.1. The van der Waals surface area contributed by atoms with E-state index in [-0.39, 0.29) is 35.4 Å². The Balaban J connectivity index is 1.02. The van der Waals surface area contributed by atoms with Crippen LogP contribution in [0.1, 0.15) is 86.0 Å². The minimum absolute atomic E-state index is 0.147. The van der Waals surface area contributed by atoms with Gasteiger partial charge in [-0.2, -0.15) is 0 Å². The SMILES string of the molecule is C[C@]12C[C@H](c3ccc(OCCCCCS(=O)(=O)CCc4c(F)c(F)c(F)c(F)c4F)cc3)[C@@H]3c4ccc(O)cc4CC[C@H]3[C@@H]1CC[C@@H]2O. The molecule has 3 aromatic carbocycles. The van der Waals surface area contributed by atoms with Crippen LogP contribution in [-0.4, -0.2) is 42.8 Å². The zero-order chi connectivity index (χ0) is 34.4. The molecule has 0 heterocycles. The Kier molecular flexibility index (Phi) is 9.84. The van der Waals surface area contributed by atoms with Crippen molar-refractivity contribution in [1.29, 1.82) is 0 Å². The van der Waals surface area contributed by atoms with Gasteiger partial charge in [0, 0.05) is 5.56 Å². The third-order valence-corrected chi connectivity index (χ3v) is 13.0. The first kappa shape index (κ1) is 34.7. The standard InChI is InChI=1S/C37H41F5O5S/c1-37-20-28(31-25-12-8-23(43)19-22(25)7-11-26(31)29(37)13-14-30(37)44)21-5-9-24(10-6-21)47-16-3-2-4-17-48(45,46)18-15-27-32(38)34(40)36(42)35(41)33(27)39/h5-6,8-10,12,19,26,28-31,43-44H,2-4,7,11,13-18,20H2,1H3/t26-,28+,29-,30-,31+,37-/m0/s1. The maximum atomic E-state index is 13.9. The van der Waals surface area contributed by atoms with Crippen molar-refractivity contribution >= 4 is 9.84 Å². The number of ether oxygens (including phenoxy) is 1. The van der Waals surface area contributed by atoms with Crippen molar-refractivity contribution in [2.24, 2.45) is 17.3 Å². The summed E-state index contributed by atoms with van der Waals surface area (Å²) >= 11 is 0. The van der Waals surface area contributed by atoms with Crippen LogP contribution in [0.15, 0.2) is 42.5 Å². The van der Waals surface area contributed by atoms with E-state index in [1.807, 2.05) is 18.2 Å². The molecule has 3 aliphatic carbocycles. The Hall–Kier alpha value is -3.18. The molecular weight excluding hydrogens is 651 g/mol. The highest BCUT2D eigenvalue weighted by Gasteiger charge is 2.57. The van der Waals surface area contributed by atoms with Crippen LogP contribution in [0.4, 0.5) is 22.0 Å². The van der Waals surface area contributed by atoms with E-state index < -0.39 is 56.7 Å². The van der Waals surface area contributed by atoms with E-state index in [9.17, 15) is 40.6 Å². The van der Waals surface area contributed by atoms with Gasteiger partial charge in [0.15, 0.2) is 33.1 Å². The second-order valence-corrected chi connectivity index (χ2v) is 16.4. The number of aliphatic hydroxyl groups is 1. The number of rotatable bonds is 11. The lowest BCUT2D eigenvalue weighted by molar-refractivity contribution is -0.0323. The number of aliphatic hydroxyl groups excluding tert-OH is 1. The van der Waals surface area contributed by atoms with Crippen molar-refractivity contribution in [3.05, 3.63) is 93.8 Å². The Morgan fingerprint density at radius 3 is 2.25 bits per heavy atom. The Morgan fingerprint density at radius 2 is 1.54 bits per heavy atom. The summed E-state index contributed by atoms with van der Waals surface area (Å²) in [6.45, 7) is 2.60. The quantitative estimate of drug-likeness (QED) is 0.0924. The minimum atomic E-state index is -3.79. The van der Waals surface area contributed by atoms with Crippen LogP contribution in [0.2, 0.25) is 0 Å². The molecule has 48 heavy (non-hydrogen) atoms. The summed E-state index contributed by atoms with van der Waals surface area (Å²) < 4.78 is 98.6. The molecule has 0 spiro atoms. The maximum Gasteiger partial charge on any atom is 0.200 e. The molecule has 0 saturated heterocycles. The van der Waals surface area contributed by atoms with E-state index in [1.165, 1.54) is 16.7 Å². The van der Waals surface area contributed by atoms with Gasteiger partial charge in [-0.3, -0.25) is 0 Å². The maximum absolute atomic E-state index is 13.9. The molecular formula is C37H41F5O5S. The molecule has 2 fully saturated rings. The van der Waals surface area contributed by atoms with E-state index in [0.717, 1.165) is 32.1 Å².